The fourth-order valence-electron chi connectivity index (χ4n) is 4.01. The highest BCUT2D eigenvalue weighted by atomic mass is 16.2. The second-order valence-electron chi connectivity index (χ2n) is 7.74. The average molecular weight is 358 g/mol. The van der Waals surface area contributed by atoms with Crippen molar-refractivity contribution in [1.82, 2.24) is 19.8 Å². The van der Waals surface area contributed by atoms with Crippen molar-refractivity contribution in [3.8, 4) is 0 Å². The molecule has 26 heavy (non-hydrogen) atoms. The molecule has 2 amide bonds. The van der Waals surface area contributed by atoms with Crippen LogP contribution in [0.25, 0.3) is 0 Å². The van der Waals surface area contributed by atoms with Crippen LogP contribution in [-0.4, -0.2) is 51.2 Å². The molecule has 3 aliphatic rings. The van der Waals surface area contributed by atoms with Crippen LogP contribution in [0.1, 0.15) is 62.0 Å². The summed E-state index contributed by atoms with van der Waals surface area (Å²) < 4.78 is 0. The van der Waals surface area contributed by atoms with Crippen LogP contribution < -0.4 is 5.56 Å². The van der Waals surface area contributed by atoms with E-state index in [-0.39, 0.29) is 29.2 Å². The maximum absolute atomic E-state index is 12.5. The van der Waals surface area contributed by atoms with E-state index in [2.05, 4.69) is 4.98 Å². The van der Waals surface area contributed by atoms with Crippen molar-refractivity contribution < 1.29 is 9.59 Å². The van der Waals surface area contributed by atoms with E-state index >= 15 is 0 Å². The van der Waals surface area contributed by atoms with Crippen molar-refractivity contribution in [2.24, 2.45) is 5.92 Å². The molecule has 1 aliphatic carbocycles. The first-order valence-corrected chi connectivity index (χ1v) is 9.75. The highest BCUT2D eigenvalue weighted by Crippen LogP contribution is 2.32. The predicted octanol–water partition coefficient (Wildman–Crippen LogP) is 1.18. The fraction of sp³-hybridized carbons (Fsp3) is 0.684. The number of hydrogen-bond acceptors (Lipinski definition) is 4. The van der Waals surface area contributed by atoms with Crippen LogP contribution in [0, 0.1) is 5.92 Å². The molecule has 0 spiro atoms. The van der Waals surface area contributed by atoms with E-state index in [4.69, 9.17) is 4.98 Å². The Balaban J connectivity index is 1.51. The van der Waals surface area contributed by atoms with Gasteiger partial charge in [-0.25, -0.2) is 4.98 Å². The molecule has 1 unspecified atom stereocenters. The van der Waals surface area contributed by atoms with Gasteiger partial charge in [-0.2, -0.15) is 0 Å². The molecule has 4 rings (SSSR count). The third-order valence-corrected chi connectivity index (χ3v) is 5.72. The lowest BCUT2D eigenvalue weighted by molar-refractivity contribution is -0.133. The highest BCUT2D eigenvalue weighted by molar-refractivity contribution is 5.81. The second-order valence-corrected chi connectivity index (χ2v) is 7.74. The summed E-state index contributed by atoms with van der Waals surface area (Å²) in [6, 6.07) is 0. The maximum atomic E-state index is 12.5. The number of nitrogens with one attached hydrogen (secondary N) is 1. The average Bonchev–Trinajstić information content (AvgIpc) is 3.36. The number of amides is 2. The quantitative estimate of drug-likeness (QED) is 0.876. The number of carbonyl (C=O) groups is 2. The van der Waals surface area contributed by atoms with Crippen LogP contribution in [-0.2, 0) is 22.6 Å². The Morgan fingerprint density at radius 1 is 1.19 bits per heavy atom. The number of hydrogen-bond donors (Lipinski definition) is 1. The first kappa shape index (κ1) is 17.2. The Morgan fingerprint density at radius 3 is 2.73 bits per heavy atom. The van der Waals surface area contributed by atoms with Crippen LogP contribution in [0.15, 0.2) is 4.79 Å². The predicted molar refractivity (Wildman–Crippen MR) is 95.5 cm³/mol. The first-order valence-electron chi connectivity index (χ1n) is 9.75. The lowest BCUT2D eigenvalue weighted by Gasteiger charge is -2.28. The summed E-state index contributed by atoms with van der Waals surface area (Å²) >= 11 is 0. The Kier molecular flexibility index (Phi) is 4.54. The van der Waals surface area contributed by atoms with Gasteiger partial charge in [-0.05, 0) is 32.1 Å². The minimum Gasteiger partial charge on any atom is -0.342 e. The van der Waals surface area contributed by atoms with Gasteiger partial charge >= 0.3 is 0 Å². The number of aromatic amines is 1. The second kappa shape index (κ2) is 6.85. The van der Waals surface area contributed by atoms with Gasteiger partial charge in [-0.15, -0.1) is 0 Å². The third-order valence-electron chi connectivity index (χ3n) is 5.72. The van der Waals surface area contributed by atoms with Gasteiger partial charge in [0.05, 0.1) is 12.2 Å². The summed E-state index contributed by atoms with van der Waals surface area (Å²) in [6.07, 6.45) is 4.78. The number of nitrogens with zero attached hydrogens (tertiary/aromatic N) is 3. The molecule has 1 aromatic rings. The van der Waals surface area contributed by atoms with Gasteiger partial charge in [0.1, 0.15) is 5.82 Å². The van der Waals surface area contributed by atoms with Crippen molar-refractivity contribution in [1.29, 1.82) is 0 Å². The third kappa shape index (κ3) is 3.27. The molecule has 7 heteroatoms. The van der Waals surface area contributed by atoms with E-state index in [1.807, 2.05) is 16.7 Å². The molecular formula is C19H26N4O3. The molecule has 2 aliphatic heterocycles. The van der Waals surface area contributed by atoms with Crippen molar-refractivity contribution in [3.05, 3.63) is 27.4 Å². The van der Waals surface area contributed by atoms with Crippen molar-refractivity contribution >= 4 is 11.8 Å². The molecule has 1 saturated heterocycles. The molecular weight excluding hydrogens is 332 g/mol. The summed E-state index contributed by atoms with van der Waals surface area (Å²) in [5.74, 6) is 1.31. The summed E-state index contributed by atoms with van der Waals surface area (Å²) in [5.41, 5.74) is 1.37. The van der Waals surface area contributed by atoms with E-state index in [1.54, 1.807) is 0 Å². The van der Waals surface area contributed by atoms with Crippen LogP contribution in [0.5, 0.6) is 0 Å². The van der Waals surface area contributed by atoms with E-state index in [0.29, 0.717) is 43.9 Å². The molecule has 1 N–H and O–H groups in total. The van der Waals surface area contributed by atoms with Crippen LogP contribution in [0.4, 0.5) is 0 Å². The number of H-pyrrole nitrogens is 1. The minimum absolute atomic E-state index is 0.0725. The molecule has 1 atom stereocenters. The number of fused-ring (bicyclic) bond motifs is 1. The van der Waals surface area contributed by atoms with Gasteiger partial charge in [-0.3, -0.25) is 14.4 Å². The summed E-state index contributed by atoms with van der Waals surface area (Å²) in [4.78, 5) is 48.3. The van der Waals surface area contributed by atoms with Crippen LogP contribution in [0.2, 0.25) is 0 Å². The summed E-state index contributed by atoms with van der Waals surface area (Å²) in [6.45, 7) is 4.38. The Bertz CT molecular complexity index is 783. The zero-order valence-electron chi connectivity index (χ0n) is 15.3. The molecule has 0 radical (unpaired) electrons. The Labute approximate surface area is 152 Å². The SMILES string of the molecule is CCCC(=O)N1CCC(c2nc3c(c(=O)[nH]2)CCN(C(=O)C2CC2)C3)C1. The Hall–Kier alpha value is -2.18. The largest absolute Gasteiger partial charge is 0.342 e. The van der Waals surface area contributed by atoms with Crippen molar-refractivity contribution in [2.45, 2.75) is 57.9 Å². The summed E-state index contributed by atoms with van der Waals surface area (Å²) in [7, 11) is 0. The number of likely N-dealkylation sites (tertiary alicyclic amines) is 1. The minimum atomic E-state index is -0.0816. The number of aromatic nitrogens is 2. The van der Waals surface area contributed by atoms with Gasteiger partial charge in [0.25, 0.3) is 5.56 Å². The number of carbonyl (C=O) groups excluding carboxylic acids is 2. The van der Waals surface area contributed by atoms with E-state index in [1.165, 1.54) is 0 Å². The Morgan fingerprint density at radius 2 is 2.00 bits per heavy atom. The lowest BCUT2D eigenvalue weighted by atomic mass is 10.0. The van der Waals surface area contributed by atoms with Crippen molar-refractivity contribution in [2.75, 3.05) is 19.6 Å². The lowest BCUT2D eigenvalue weighted by Crippen LogP contribution is -2.40. The smallest absolute Gasteiger partial charge is 0.254 e. The van der Waals surface area contributed by atoms with Crippen LogP contribution >= 0.6 is 0 Å². The normalized spacial score (nSPS) is 22.4. The molecule has 3 heterocycles. The maximum Gasteiger partial charge on any atom is 0.254 e. The molecule has 1 aromatic heterocycles. The zero-order chi connectivity index (χ0) is 18.3. The highest BCUT2D eigenvalue weighted by Gasteiger charge is 2.36. The van der Waals surface area contributed by atoms with E-state index in [9.17, 15) is 14.4 Å². The monoisotopic (exact) mass is 358 g/mol. The van der Waals surface area contributed by atoms with E-state index < -0.39 is 0 Å². The van der Waals surface area contributed by atoms with Gasteiger partial charge in [0.15, 0.2) is 0 Å². The molecule has 0 aromatic carbocycles. The number of rotatable bonds is 4. The summed E-state index contributed by atoms with van der Waals surface area (Å²) in [5, 5.41) is 0. The van der Waals surface area contributed by atoms with Gasteiger partial charge in [0.2, 0.25) is 11.8 Å². The molecule has 7 nitrogen and oxygen atoms in total. The topological polar surface area (TPSA) is 86.4 Å². The fourth-order valence-corrected chi connectivity index (χ4v) is 4.01. The van der Waals surface area contributed by atoms with Gasteiger partial charge in [0, 0.05) is 43.5 Å². The molecule has 140 valence electrons. The van der Waals surface area contributed by atoms with Crippen molar-refractivity contribution in [3.63, 3.8) is 0 Å². The molecule has 2 fully saturated rings. The van der Waals surface area contributed by atoms with Gasteiger partial charge < -0.3 is 14.8 Å². The zero-order valence-corrected chi connectivity index (χ0v) is 15.3. The first-order chi connectivity index (χ1) is 12.6. The van der Waals surface area contributed by atoms with E-state index in [0.717, 1.165) is 37.9 Å². The molecule has 0 bridgehead atoms. The van der Waals surface area contributed by atoms with Crippen LogP contribution in [0.3, 0.4) is 0 Å². The standard InChI is InChI=1S/C19H26N4O3/c1-2-3-16(24)22-8-6-13(10-22)17-20-15-11-23(19(26)12-4-5-12)9-7-14(15)18(25)21-17/h12-13H,2-11H2,1H3,(H,20,21,25). The van der Waals surface area contributed by atoms with Gasteiger partial charge in [-0.1, -0.05) is 6.92 Å². The molecule has 1 saturated carbocycles.